The summed E-state index contributed by atoms with van der Waals surface area (Å²) in [5, 5.41) is 2.87. The van der Waals surface area contributed by atoms with E-state index >= 15 is 0 Å². The summed E-state index contributed by atoms with van der Waals surface area (Å²) in [5.41, 5.74) is 1.67. The lowest BCUT2D eigenvalue weighted by Gasteiger charge is -2.18. The average Bonchev–Trinajstić information content (AvgIpc) is 3.07. The number of amides is 2. The maximum Gasteiger partial charge on any atom is 0.229 e. The quantitative estimate of drug-likeness (QED) is 0.816. The predicted molar refractivity (Wildman–Crippen MR) is 103 cm³/mol. The Balaban J connectivity index is 1.59. The average molecular weight is 368 g/mol. The summed E-state index contributed by atoms with van der Waals surface area (Å²) < 4.78 is 10.6. The molecule has 0 saturated carbocycles. The van der Waals surface area contributed by atoms with Gasteiger partial charge in [0, 0.05) is 19.5 Å². The van der Waals surface area contributed by atoms with E-state index in [1.54, 1.807) is 31.3 Å². The van der Waals surface area contributed by atoms with Crippen molar-refractivity contribution >= 4 is 17.5 Å². The van der Waals surface area contributed by atoms with Crippen molar-refractivity contribution in [2.24, 2.45) is 5.92 Å². The van der Waals surface area contributed by atoms with Crippen LogP contribution in [-0.4, -0.2) is 44.0 Å². The van der Waals surface area contributed by atoms with Crippen LogP contribution in [0, 0.1) is 5.92 Å². The number of carbonyl (C=O) groups is 2. The van der Waals surface area contributed by atoms with E-state index < -0.39 is 0 Å². The molecule has 0 aromatic heterocycles. The number of benzene rings is 2. The number of anilines is 1. The summed E-state index contributed by atoms with van der Waals surface area (Å²) in [6, 6.07) is 15.0. The topological polar surface area (TPSA) is 67.9 Å². The SMILES string of the molecule is COc1ccccc1CCN1CC(C(=O)Nc2ccccc2OC)CC1=O. The van der Waals surface area contributed by atoms with Gasteiger partial charge >= 0.3 is 0 Å². The standard InChI is InChI=1S/C21H24N2O4/c1-26-18-9-5-3-7-15(18)11-12-23-14-16(13-20(23)24)21(25)22-17-8-4-6-10-19(17)27-2/h3-10,16H,11-14H2,1-2H3,(H,22,25). The molecular formula is C21H24N2O4. The van der Waals surface area contributed by atoms with Crippen molar-refractivity contribution in [3.63, 3.8) is 0 Å². The second-order valence-electron chi connectivity index (χ2n) is 6.49. The third kappa shape index (κ3) is 4.39. The van der Waals surface area contributed by atoms with Crippen LogP contribution in [0.15, 0.2) is 48.5 Å². The molecular weight excluding hydrogens is 344 g/mol. The van der Waals surface area contributed by atoms with Crippen LogP contribution in [-0.2, 0) is 16.0 Å². The van der Waals surface area contributed by atoms with Crippen LogP contribution in [0.2, 0.25) is 0 Å². The van der Waals surface area contributed by atoms with Crippen molar-refractivity contribution in [2.75, 3.05) is 32.6 Å². The van der Waals surface area contributed by atoms with E-state index in [-0.39, 0.29) is 24.2 Å². The number of hydrogen-bond donors (Lipinski definition) is 1. The van der Waals surface area contributed by atoms with Crippen molar-refractivity contribution < 1.29 is 19.1 Å². The minimum absolute atomic E-state index is 0.00470. The Kier molecular flexibility index (Phi) is 5.96. The highest BCUT2D eigenvalue weighted by Crippen LogP contribution is 2.26. The van der Waals surface area contributed by atoms with E-state index in [2.05, 4.69) is 5.32 Å². The second-order valence-corrected chi connectivity index (χ2v) is 6.49. The van der Waals surface area contributed by atoms with Crippen LogP contribution in [0.1, 0.15) is 12.0 Å². The number of ether oxygens (including phenoxy) is 2. The van der Waals surface area contributed by atoms with E-state index in [4.69, 9.17) is 9.47 Å². The van der Waals surface area contributed by atoms with Gasteiger partial charge in [-0.25, -0.2) is 0 Å². The number of hydrogen-bond acceptors (Lipinski definition) is 4. The van der Waals surface area contributed by atoms with E-state index in [0.29, 0.717) is 30.9 Å². The molecule has 3 rings (SSSR count). The van der Waals surface area contributed by atoms with Gasteiger partial charge in [-0.1, -0.05) is 30.3 Å². The number of nitrogens with one attached hydrogen (secondary N) is 1. The van der Waals surface area contributed by atoms with Crippen molar-refractivity contribution in [1.29, 1.82) is 0 Å². The lowest BCUT2D eigenvalue weighted by atomic mass is 10.1. The molecule has 6 heteroatoms. The van der Waals surface area contributed by atoms with E-state index in [1.165, 1.54) is 0 Å². The molecule has 1 aliphatic rings. The van der Waals surface area contributed by atoms with E-state index in [1.807, 2.05) is 36.4 Å². The molecule has 0 bridgehead atoms. The Morgan fingerprint density at radius 2 is 1.74 bits per heavy atom. The first-order chi connectivity index (χ1) is 13.1. The third-order valence-electron chi connectivity index (χ3n) is 4.79. The van der Waals surface area contributed by atoms with Crippen LogP contribution < -0.4 is 14.8 Å². The van der Waals surface area contributed by atoms with Gasteiger partial charge in [0.05, 0.1) is 25.8 Å². The normalized spacial score (nSPS) is 16.3. The van der Waals surface area contributed by atoms with Crippen LogP contribution in [0.4, 0.5) is 5.69 Å². The lowest BCUT2D eigenvalue weighted by Crippen LogP contribution is -2.30. The molecule has 1 fully saturated rings. The fourth-order valence-electron chi connectivity index (χ4n) is 3.31. The van der Waals surface area contributed by atoms with Gasteiger partial charge in [-0.05, 0) is 30.2 Å². The molecule has 6 nitrogen and oxygen atoms in total. The highest BCUT2D eigenvalue weighted by Gasteiger charge is 2.34. The van der Waals surface area contributed by atoms with Crippen molar-refractivity contribution in [3.05, 3.63) is 54.1 Å². The largest absolute Gasteiger partial charge is 0.496 e. The van der Waals surface area contributed by atoms with Crippen LogP contribution in [0.3, 0.4) is 0 Å². The molecule has 1 N–H and O–H groups in total. The van der Waals surface area contributed by atoms with Gasteiger partial charge in [-0.15, -0.1) is 0 Å². The number of likely N-dealkylation sites (tertiary alicyclic amines) is 1. The fourth-order valence-corrected chi connectivity index (χ4v) is 3.31. The summed E-state index contributed by atoms with van der Waals surface area (Å²) in [6.45, 7) is 0.993. The Morgan fingerprint density at radius 1 is 1.07 bits per heavy atom. The molecule has 1 unspecified atom stereocenters. The summed E-state index contributed by atoms with van der Waals surface area (Å²) in [5.74, 6) is 0.899. The van der Waals surface area contributed by atoms with Gasteiger partial charge in [0.2, 0.25) is 11.8 Å². The molecule has 27 heavy (non-hydrogen) atoms. The monoisotopic (exact) mass is 368 g/mol. The molecule has 0 spiro atoms. The number of nitrogens with zero attached hydrogens (tertiary/aromatic N) is 1. The van der Waals surface area contributed by atoms with Crippen LogP contribution in [0.25, 0.3) is 0 Å². The highest BCUT2D eigenvalue weighted by molar-refractivity contribution is 5.98. The number of rotatable bonds is 7. The second kappa shape index (κ2) is 8.58. The molecule has 2 aromatic carbocycles. The van der Waals surface area contributed by atoms with Crippen LogP contribution >= 0.6 is 0 Å². The summed E-state index contributed by atoms with van der Waals surface area (Å²) in [6.07, 6.45) is 0.920. The summed E-state index contributed by atoms with van der Waals surface area (Å²) in [4.78, 5) is 26.7. The molecule has 0 radical (unpaired) electrons. The van der Waals surface area contributed by atoms with E-state index in [9.17, 15) is 9.59 Å². The zero-order valence-electron chi connectivity index (χ0n) is 15.6. The molecule has 1 heterocycles. The maximum absolute atomic E-state index is 12.6. The van der Waals surface area contributed by atoms with Crippen LogP contribution in [0.5, 0.6) is 11.5 Å². The van der Waals surface area contributed by atoms with Gasteiger partial charge in [0.15, 0.2) is 0 Å². The fraction of sp³-hybridized carbons (Fsp3) is 0.333. The van der Waals surface area contributed by atoms with Gasteiger partial charge in [0.1, 0.15) is 11.5 Å². The summed E-state index contributed by atoms with van der Waals surface area (Å²) >= 11 is 0. The molecule has 0 aliphatic carbocycles. The van der Waals surface area contributed by atoms with Gasteiger partial charge in [0.25, 0.3) is 0 Å². The zero-order valence-corrected chi connectivity index (χ0v) is 15.6. The highest BCUT2D eigenvalue weighted by atomic mass is 16.5. The third-order valence-corrected chi connectivity index (χ3v) is 4.79. The predicted octanol–water partition coefficient (Wildman–Crippen LogP) is 2.73. The first kappa shape index (κ1) is 18.8. The Hall–Kier alpha value is -3.02. The van der Waals surface area contributed by atoms with Gasteiger partial charge in [-0.3, -0.25) is 9.59 Å². The maximum atomic E-state index is 12.6. The first-order valence-corrected chi connectivity index (χ1v) is 8.96. The minimum atomic E-state index is -0.361. The number of para-hydroxylation sites is 3. The molecule has 1 saturated heterocycles. The first-order valence-electron chi connectivity index (χ1n) is 8.96. The van der Waals surface area contributed by atoms with Gasteiger partial charge in [-0.2, -0.15) is 0 Å². The Labute approximate surface area is 159 Å². The molecule has 1 aliphatic heterocycles. The molecule has 2 aromatic rings. The molecule has 1 atom stereocenters. The Morgan fingerprint density at radius 3 is 2.48 bits per heavy atom. The van der Waals surface area contributed by atoms with Crippen molar-refractivity contribution in [2.45, 2.75) is 12.8 Å². The zero-order chi connectivity index (χ0) is 19.2. The smallest absolute Gasteiger partial charge is 0.229 e. The van der Waals surface area contributed by atoms with Gasteiger partial charge < -0.3 is 19.7 Å². The van der Waals surface area contributed by atoms with E-state index in [0.717, 1.165) is 11.3 Å². The molecule has 142 valence electrons. The number of methoxy groups -OCH3 is 2. The lowest BCUT2D eigenvalue weighted by molar-refractivity contribution is -0.128. The Bertz CT molecular complexity index is 821. The summed E-state index contributed by atoms with van der Waals surface area (Å²) in [7, 11) is 3.20. The molecule has 2 amide bonds. The minimum Gasteiger partial charge on any atom is -0.496 e. The van der Waals surface area contributed by atoms with Crippen molar-refractivity contribution in [3.8, 4) is 11.5 Å². The van der Waals surface area contributed by atoms with Crippen molar-refractivity contribution in [1.82, 2.24) is 4.90 Å². The number of carbonyl (C=O) groups excluding carboxylic acids is 2.